The number of halogens is 1. The molecular formula is C19H20BrN9O2. The van der Waals surface area contributed by atoms with Crippen LogP contribution in [0.2, 0.25) is 0 Å². The molecule has 0 bridgehead atoms. The van der Waals surface area contributed by atoms with Crippen LogP contribution >= 0.6 is 15.9 Å². The van der Waals surface area contributed by atoms with Gasteiger partial charge in [0.15, 0.2) is 11.5 Å². The lowest BCUT2D eigenvalue weighted by Gasteiger charge is -2.27. The number of rotatable bonds is 6. The van der Waals surface area contributed by atoms with Crippen molar-refractivity contribution in [3.63, 3.8) is 0 Å². The van der Waals surface area contributed by atoms with E-state index in [-0.39, 0.29) is 0 Å². The zero-order valence-electron chi connectivity index (χ0n) is 16.7. The Morgan fingerprint density at radius 2 is 2.03 bits per heavy atom. The van der Waals surface area contributed by atoms with Gasteiger partial charge in [-0.3, -0.25) is 0 Å². The summed E-state index contributed by atoms with van der Waals surface area (Å²) in [4.78, 5) is 14.7. The molecular weight excluding hydrogens is 466 g/mol. The lowest BCUT2D eigenvalue weighted by molar-refractivity contribution is 0.122. The van der Waals surface area contributed by atoms with Crippen molar-refractivity contribution >= 4 is 33.5 Å². The van der Waals surface area contributed by atoms with E-state index in [0.29, 0.717) is 49.0 Å². The van der Waals surface area contributed by atoms with Gasteiger partial charge in [-0.05, 0) is 28.1 Å². The summed E-state index contributed by atoms with van der Waals surface area (Å²) in [6.07, 6.45) is 1.70. The van der Waals surface area contributed by atoms with E-state index in [4.69, 9.17) is 14.5 Å². The summed E-state index contributed by atoms with van der Waals surface area (Å²) in [7, 11) is 1.63. The molecule has 4 aromatic rings. The monoisotopic (exact) mass is 485 g/mol. The molecule has 12 heteroatoms. The first-order chi connectivity index (χ1) is 15.2. The number of nitrogens with zero attached hydrogens (tertiary/aromatic N) is 7. The van der Waals surface area contributed by atoms with Crippen LogP contribution in [0.5, 0.6) is 5.75 Å². The molecule has 1 saturated heterocycles. The maximum Gasteiger partial charge on any atom is 0.230 e. The SMILES string of the molecule is COc1ccccc1-c1nnc(CNc2nc(N3CCOCC3)nc3c(Br)cnn23)[nH]1. The highest BCUT2D eigenvalue weighted by Crippen LogP contribution is 2.27. The van der Waals surface area contributed by atoms with Gasteiger partial charge >= 0.3 is 0 Å². The van der Waals surface area contributed by atoms with E-state index in [1.807, 2.05) is 24.3 Å². The molecule has 0 radical (unpaired) electrons. The molecule has 1 fully saturated rings. The van der Waals surface area contributed by atoms with Crippen molar-refractivity contribution in [3.8, 4) is 17.1 Å². The van der Waals surface area contributed by atoms with Crippen LogP contribution in [-0.2, 0) is 11.3 Å². The molecule has 5 rings (SSSR count). The predicted octanol–water partition coefficient (Wildman–Crippen LogP) is 2.13. The highest BCUT2D eigenvalue weighted by atomic mass is 79.9. The summed E-state index contributed by atoms with van der Waals surface area (Å²) in [5.41, 5.74) is 1.53. The Labute approximate surface area is 185 Å². The van der Waals surface area contributed by atoms with Crippen LogP contribution in [0.4, 0.5) is 11.9 Å². The normalized spacial score (nSPS) is 14.2. The molecule has 0 spiro atoms. The van der Waals surface area contributed by atoms with E-state index in [0.717, 1.165) is 28.9 Å². The van der Waals surface area contributed by atoms with E-state index in [2.05, 4.69) is 51.4 Å². The molecule has 1 aliphatic rings. The minimum absolute atomic E-state index is 0.383. The Morgan fingerprint density at radius 3 is 2.87 bits per heavy atom. The fourth-order valence-electron chi connectivity index (χ4n) is 3.36. The molecule has 1 aliphatic heterocycles. The summed E-state index contributed by atoms with van der Waals surface area (Å²) in [5.74, 6) is 3.22. The van der Waals surface area contributed by atoms with Crippen LogP contribution in [0.15, 0.2) is 34.9 Å². The summed E-state index contributed by atoms with van der Waals surface area (Å²) < 4.78 is 13.3. The van der Waals surface area contributed by atoms with E-state index in [1.165, 1.54) is 0 Å². The fourth-order valence-corrected chi connectivity index (χ4v) is 3.71. The summed E-state index contributed by atoms with van der Waals surface area (Å²) in [6.45, 7) is 3.18. The van der Waals surface area contributed by atoms with Gasteiger partial charge in [0.1, 0.15) is 11.6 Å². The van der Waals surface area contributed by atoms with Crippen LogP contribution in [0.3, 0.4) is 0 Å². The molecule has 31 heavy (non-hydrogen) atoms. The number of hydrogen-bond donors (Lipinski definition) is 2. The van der Waals surface area contributed by atoms with Gasteiger partial charge in [0.05, 0.1) is 43.1 Å². The first-order valence-electron chi connectivity index (χ1n) is 9.75. The molecule has 4 heterocycles. The number of methoxy groups -OCH3 is 1. The number of ether oxygens (including phenoxy) is 2. The van der Waals surface area contributed by atoms with Crippen LogP contribution in [0, 0.1) is 0 Å². The third-order valence-corrected chi connectivity index (χ3v) is 5.48. The van der Waals surface area contributed by atoms with Crippen molar-refractivity contribution in [1.82, 2.24) is 34.8 Å². The minimum atomic E-state index is 0.383. The molecule has 3 aromatic heterocycles. The fraction of sp³-hybridized carbons (Fsp3) is 0.316. The number of nitrogens with one attached hydrogen (secondary N) is 2. The number of para-hydroxylation sites is 1. The molecule has 2 N–H and O–H groups in total. The second kappa shape index (κ2) is 8.47. The lowest BCUT2D eigenvalue weighted by Crippen LogP contribution is -2.37. The molecule has 0 amide bonds. The Bertz CT molecular complexity index is 1200. The van der Waals surface area contributed by atoms with Gasteiger partial charge in [-0.25, -0.2) is 0 Å². The van der Waals surface area contributed by atoms with Crippen molar-refractivity contribution < 1.29 is 9.47 Å². The summed E-state index contributed by atoms with van der Waals surface area (Å²) >= 11 is 3.51. The Hall–Kier alpha value is -3.25. The number of benzene rings is 1. The molecule has 0 unspecified atom stereocenters. The molecule has 0 saturated carbocycles. The van der Waals surface area contributed by atoms with Crippen LogP contribution in [0.1, 0.15) is 5.82 Å². The van der Waals surface area contributed by atoms with Gasteiger partial charge in [0.2, 0.25) is 11.9 Å². The van der Waals surface area contributed by atoms with Crippen molar-refractivity contribution in [2.24, 2.45) is 0 Å². The van der Waals surface area contributed by atoms with E-state index < -0.39 is 0 Å². The second-order valence-electron chi connectivity index (χ2n) is 6.85. The van der Waals surface area contributed by atoms with Crippen LogP contribution in [0.25, 0.3) is 17.0 Å². The lowest BCUT2D eigenvalue weighted by atomic mass is 10.2. The van der Waals surface area contributed by atoms with Crippen LogP contribution in [-0.4, -0.2) is 68.2 Å². The van der Waals surface area contributed by atoms with Crippen LogP contribution < -0.4 is 15.0 Å². The predicted molar refractivity (Wildman–Crippen MR) is 117 cm³/mol. The number of aromatic nitrogens is 7. The average Bonchev–Trinajstić information content (AvgIpc) is 3.45. The number of fused-ring (bicyclic) bond motifs is 1. The highest BCUT2D eigenvalue weighted by Gasteiger charge is 2.19. The van der Waals surface area contributed by atoms with Gasteiger partial charge in [0.25, 0.3) is 0 Å². The van der Waals surface area contributed by atoms with Gasteiger partial charge < -0.3 is 24.7 Å². The maximum atomic E-state index is 5.44. The first-order valence-corrected chi connectivity index (χ1v) is 10.5. The minimum Gasteiger partial charge on any atom is -0.496 e. The van der Waals surface area contributed by atoms with Gasteiger partial charge in [-0.1, -0.05) is 12.1 Å². The van der Waals surface area contributed by atoms with Gasteiger partial charge in [0, 0.05) is 13.1 Å². The third kappa shape index (κ3) is 3.91. The smallest absolute Gasteiger partial charge is 0.230 e. The van der Waals surface area contributed by atoms with E-state index in [9.17, 15) is 0 Å². The zero-order chi connectivity index (χ0) is 21.2. The number of hydrogen-bond acceptors (Lipinski definition) is 9. The summed E-state index contributed by atoms with van der Waals surface area (Å²) in [5, 5.41) is 16.2. The summed E-state index contributed by atoms with van der Waals surface area (Å²) in [6, 6.07) is 7.66. The number of morpholine rings is 1. The largest absolute Gasteiger partial charge is 0.496 e. The second-order valence-corrected chi connectivity index (χ2v) is 7.70. The Morgan fingerprint density at radius 1 is 1.19 bits per heavy atom. The highest BCUT2D eigenvalue weighted by molar-refractivity contribution is 9.10. The number of aromatic amines is 1. The maximum absolute atomic E-state index is 5.44. The van der Waals surface area contributed by atoms with Crippen molar-refractivity contribution in [3.05, 3.63) is 40.8 Å². The zero-order valence-corrected chi connectivity index (χ0v) is 18.3. The molecule has 11 nitrogen and oxygen atoms in total. The average molecular weight is 486 g/mol. The quantitative estimate of drug-likeness (QED) is 0.423. The van der Waals surface area contributed by atoms with Gasteiger partial charge in [-0.2, -0.15) is 19.6 Å². The van der Waals surface area contributed by atoms with E-state index >= 15 is 0 Å². The van der Waals surface area contributed by atoms with Crippen molar-refractivity contribution in [2.75, 3.05) is 43.6 Å². The standard InChI is InChI=1S/C19H20BrN9O2/c1-30-14-5-3-2-4-12(14)16-23-15(26-27-16)11-21-18-25-19(28-6-8-31-9-7-28)24-17-13(20)10-22-29(17)18/h2-5,10H,6-9,11H2,1H3,(H,21,24,25)(H,23,26,27). The Balaban J connectivity index is 1.40. The Kier molecular flexibility index (Phi) is 5.38. The van der Waals surface area contributed by atoms with Crippen molar-refractivity contribution in [2.45, 2.75) is 6.54 Å². The molecule has 160 valence electrons. The number of H-pyrrole nitrogens is 1. The molecule has 0 atom stereocenters. The van der Waals surface area contributed by atoms with Gasteiger partial charge in [-0.15, -0.1) is 10.2 Å². The third-order valence-electron chi connectivity index (χ3n) is 4.92. The van der Waals surface area contributed by atoms with Crippen molar-refractivity contribution in [1.29, 1.82) is 0 Å². The number of anilines is 2. The topological polar surface area (TPSA) is 118 Å². The van der Waals surface area contributed by atoms with E-state index in [1.54, 1.807) is 17.8 Å². The molecule has 1 aromatic carbocycles. The molecule has 0 aliphatic carbocycles. The first kappa shape index (κ1) is 19.7.